The number of primary amides is 1. The maximum Gasteiger partial charge on any atom is 0.326 e. The Kier molecular flexibility index (Phi) is 2.57. The Morgan fingerprint density at radius 3 is 2.44 bits per heavy atom. The van der Waals surface area contributed by atoms with E-state index in [1.54, 1.807) is 0 Å². The standard InChI is InChI=1S/C10H14N2O4/c11-9(14)6-3-7(13)12(4-6)8(10(15)16)5-1-2-5/h5-6,8H,1-4H2,(H2,11,14)(H,15,16)/t6?,8-/m0/s1. The summed E-state index contributed by atoms with van der Waals surface area (Å²) in [6.45, 7) is 0.154. The van der Waals surface area contributed by atoms with Crippen molar-refractivity contribution in [2.75, 3.05) is 6.54 Å². The van der Waals surface area contributed by atoms with Crippen LogP contribution in [0.2, 0.25) is 0 Å². The summed E-state index contributed by atoms with van der Waals surface area (Å²) in [5, 5.41) is 9.08. The van der Waals surface area contributed by atoms with E-state index in [2.05, 4.69) is 0 Å². The van der Waals surface area contributed by atoms with Gasteiger partial charge in [-0.05, 0) is 18.8 Å². The first kappa shape index (κ1) is 10.9. The quantitative estimate of drug-likeness (QED) is 0.654. The highest BCUT2D eigenvalue weighted by Crippen LogP contribution is 2.37. The molecule has 0 spiro atoms. The Morgan fingerprint density at radius 2 is 2.06 bits per heavy atom. The molecule has 1 saturated heterocycles. The van der Waals surface area contributed by atoms with Gasteiger partial charge in [-0.2, -0.15) is 0 Å². The molecule has 1 unspecified atom stereocenters. The molecule has 0 aromatic heterocycles. The minimum absolute atomic E-state index is 0.0475. The zero-order valence-corrected chi connectivity index (χ0v) is 8.76. The Morgan fingerprint density at radius 1 is 1.44 bits per heavy atom. The average Bonchev–Trinajstić information content (AvgIpc) is 2.91. The van der Waals surface area contributed by atoms with E-state index in [4.69, 9.17) is 10.8 Å². The van der Waals surface area contributed by atoms with Crippen molar-refractivity contribution in [1.82, 2.24) is 4.90 Å². The minimum Gasteiger partial charge on any atom is -0.480 e. The average molecular weight is 226 g/mol. The molecule has 88 valence electrons. The SMILES string of the molecule is NC(=O)C1CC(=O)N([C@H](C(=O)O)C2CC2)C1. The second-order valence-electron chi connectivity index (χ2n) is 4.47. The summed E-state index contributed by atoms with van der Waals surface area (Å²) >= 11 is 0. The number of carbonyl (C=O) groups is 3. The Hall–Kier alpha value is -1.59. The largest absolute Gasteiger partial charge is 0.480 e. The van der Waals surface area contributed by atoms with Crippen molar-refractivity contribution >= 4 is 17.8 Å². The highest BCUT2D eigenvalue weighted by atomic mass is 16.4. The van der Waals surface area contributed by atoms with E-state index in [1.807, 2.05) is 0 Å². The van der Waals surface area contributed by atoms with Crippen LogP contribution in [0.15, 0.2) is 0 Å². The van der Waals surface area contributed by atoms with Crippen LogP contribution in [0.1, 0.15) is 19.3 Å². The topological polar surface area (TPSA) is 101 Å². The van der Waals surface area contributed by atoms with Crippen LogP contribution >= 0.6 is 0 Å². The number of nitrogens with zero attached hydrogens (tertiary/aromatic N) is 1. The third-order valence-corrected chi connectivity index (χ3v) is 3.22. The van der Waals surface area contributed by atoms with Gasteiger partial charge < -0.3 is 15.7 Å². The van der Waals surface area contributed by atoms with Crippen LogP contribution in [0.5, 0.6) is 0 Å². The molecule has 1 saturated carbocycles. The first-order valence-electron chi connectivity index (χ1n) is 5.32. The first-order valence-corrected chi connectivity index (χ1v) is 5.32. The van der Waals surface area contributed by atoms with E-state index < -0.39 is 23.8 Å². The normalized spacial score (nSPS) is 26.9. The van der Waals surface area contributed by atoms with E-state index >= 15 is 0 Å². The predicted molar refractivity (Wildman–Crippen MR) is 53.2 cm³/mol. The zero-order chi connectivity index (χ0) is 11.9. The van der Waals surface area contributed by atoms with E-state index in [0.29, 0.717) is 0 Å². The summed E-state index contributed by atoms with van der Waals surface area (Å²) in [5.74, 6) is -2.28. The summed E-state index contributed by atoms with van der Waals surface area (Å²) in [4.78, 5) is 35.0. The third-order valence-electron chi connectivity index (χ3n) is 3.22. The van der Waals surface area contributed by atoms with Crippen molar-refractivity contribution in [3.8, 4) is 0 Å². The van der Waals surface area contributed by atoms with Gasteiger partial charge in [-0.25, -0.2) is 4.79 Å². The van der Waals surface area contributed by atoms with Crippen molar-refractivity contribution in [3.05, 3.63) is 0 Å². The molecule has 0 aromatic rings. The molecule has 0 radical (unpaired) electrons. The van der Waals surface area contributed by atoms with Gasteiger partial charge in [-0.3, -0.25) is 9.59 Å². The first-order chi connectivity index (χ1) is 7.50. The lowest BCUT2D eigenvalue weighted by Crippen LogP contribution is -2.44. The number of amides is 2. The number of carboxylic acids is 1. The highest BCUT2D eigenvalue weighted by Gasteiger charge is 2.46. The second kappa shape index (κ2) is 3.77. The van der Waals surface area contributed by atoms with Crippen molar-refractivity contribution in [2.45, 2.75) is 25.3 Å². The zero-order valence-electron chi connectivity index (χ0n) is 8.76. The van der Waals surface area contributed by atoms with Gasteiger partial charge in [0.25, 0.3) is 0 Å². The van der Waals surface area contributed by atoms with Gasteiger partial charge >= 0.3 is 5.97 Å². The highest BCUT2D eigenvalue weighted by molar-refractivity contribution is 5.91. The summed E-state index contributed by atoms with van der Waals surface area (Å²) in [6, 6.07) is -0.767. The monoisotopic (exact) mass is 226 g/mol. The van der Waals surface area contributed by atoms with Crippen LogP contribution in [0.3, 0.4) is 0 Å². The lowest BCUT2D eigenvalue weighted by molar-refractivity contribution is -0.149. The lowest BCUT2D eigenvalue weighted by Gasteiger charge is -2.24. The molecule has 6 heteroatoms. The number of nitrogens with two attached hydrogens (primary N) is 1. The molecule has 1 aliphatic carbocycles. The van der Waals surface area contributed by atoms with Crippen LogP contribution in [-0.4, -0.2) is 40.4 Å². The number of carbonyl (C=O) groups excluding carboxylic acids is 2. The predicted octanol–water partition coefficient (Wildman–Crippen LogP) is -0.817. The number of carboxylic acid groups (broad SMARTS) is 1. The number of hydrogen-bond acceptors (Lipinski definition) is 3. The van der Waals surface area contributed by atoms with E-state index in [0.717, 1.165) is 12.8 Å². The van der Waals surface area contributed by atoms with Gasteiger partial charge in [-0.1, -0.05) is 0 Å². The maximum absolute atomic E-state index is 11.6. The molecule has 1 aliphatic heterocycles. The Labute approximate surface area is 92.4 Å². The summed E-state index contributed by atoms with van der Waals surface area (Å²) in [6.07, 6.45) is 1.72. The van der Waals surface area contributed by atoms with E-state index in [1.165, 1.54) is 4.90 Å². The molecule has 2 rings (SSSR count). The van der Waals surface area contributed by atoms with Gasteiger partial charge in [-0.15, -0.1) is 0 Å². The summed E-state index contributed by atoms with van der Waals surface area (Å²) in [5.41, 5.74) is 5.12. The van der Waals surface area contributed by atoms with Crippen molar-refractivity contribution in [1.29, 1.82) is 0 Å². The lowest BCUT2D eigenvalue weighted by atomic mass is 10.1. The van der Waals surface area contributed by atoms with Crippen molar-refractivity contribution in [3.63, 3.8) is 0 Å². The number of hydrogen-bond donors (Lipinski definition) is 2. The third kappa shape index (κ3) is 1.87. The molecule has 2 atom stereocenters. The Bertz CT molecular complexity index is 351. The van der Waals surface area contributed by atoms with Crippen molar-refractivity contribution in [2.24, 2.45) is 17.6 Å². The maximum atomic E-state index is 11.6. The van der Waals surface area contributed by atoms with Crippen LogP contribution in [0.4, 0.5) is 0 Å². The molecule has 16 heavy (non-hydrogen) atoms. The smallest absolute Gasteiger partial charge is 0.326 e. The molecule has 3 N–H and O–H groups in total. The fourth-order valence-corrected chi connectivity index (χ4v) is 2.19. The molecule has 6 nitrogen and oxygen atoms in total. The minimum atomic E-state index is -0.985. The van der Waals surface area contributed by atoms with Gasteiger partial charge in [0.1, 0.15) is 6.04 Å². The molecular formula is C10H14N2O4. The van der Waals surface area contributed by atoms with Crippen molar-refractivity contribution < 1.29 is 19.5 Å². The molecule has 2 fully saturated rings. The van der Waals surface area contributed by atoms with Crippen LogP contribution in [-0.2, 0) is 14.4 Å². The fraction of sp³-hybridized carbons (Fsp3) is 0.700. The number of rotatable bonds is 4. The molecule has 1 heterocycles. The van der Waals surface area contributed by atoms with Gasteiger partial charge in [0, 0.05) is 13.0 Å². The molecule has 2 aliphatic rings. The van der Waals surface area contributed by atoms with Crippen LogP contribution in [0, 0.1) is 11.8 Å². The summed E-state index contributed by atoms with van der Waals surface area (Å²) in [7, 11) is 0. The number of aliphatic carboxylic acids is 1. The molecular weight excluding hydrogens is 212 g/mol. The second-order valence-corrected chi connectivity index (χ2v) is 4.47. The molecule has 0 bridgehead atoms. The van der Waals surface area contributed by atoms with E-state index in [-0.39, 0.29) is 24.8 Å². The molecule has 2 amide bonds. The number of likely N-dealkylation sites (tertiary alicyclic amines) is 1. The Balaban J connectivity index is 2.11. The van der Waals surface area contributed by atoms with Crippen LogP contribution in [0.25, 0.3) is 0 Å². The van der Waals surface area contributed by atoms with E-state index in [9.17, 15) is 14.4 Å². The van der Waals surface area contributed by atoms with Crippen LogP contribution < -0.4 is 5.73 Å². The van der Waals surface area contributed by atoms with Gasteiger partial charge in [0.2, 0.25) is 11.8 Å². The molecule has 0 aromatic carbocycles. The van der Waals surface area contributed by atoms with Gasteiger partial charge in [0.15, 0.2) is 0 Å². The fourth-order valence-electron chi connectivity index (χ4n) is 2.19. The van der Waals surface area contributed by atoms with Gasteiger partial charge in [0.05, 0.1) is 5.92 Å². The summed E-state index contributed by atoms with van der Waals surface area (Å²) < 4.78 is 0.